The van der Waals surface area contributed by atoms with E-state index in [4.69, 9.17) is 4.42 Å². The van der Waals surface area contributed by atoms with Gasteiger partial charge in [0.15, 0.2) is 0 Å². The maximum atomic E-state index is 11.8. The fourth-order valence-electron chi connectivity index (χ4n) is 2.07. The maximum absolute atomic E-state index is 11.8. The molecule has 0 radical (unpaired) electrons. The number of aromatic nitrogens is 1. The van der Waals surface area contributed by atoms with E-state index in [-0.39, 0.29) is 12.1 Å². The lowest BCUT2D eigenvalue weighted by Crippen LogP contribution is -2.42. The Morgan fingerprint density at radius 2 is 2.36 bits per heavy atom. The summed E-state index contributed by atoms with van der Waals surface area (Å²) >= 11 is 1.63. The fourth-order valence-corrected chi connectivity index (χ4v) is 2.85. The summed E-state index contributed by atoms with van der Waals surface area (Å²) < 4.78 is 5.13. The molecule has 2 aromatic rings. The molecule has 0 aromatic carbocycles. The van der Waals surface area contributed by atoms with Crippen molar-refractivity contribution in [2.75, 3.05) is 6.54 Å². The van der Waals surface area contributed by atoms with Gasteiger partial charge in [-0.1, -0.05) is 0 Å². The highest BCUT2D eigenvalue weighted by molar-refractivity contribution is 7.11. The number of carbonyl (C=O) groups excluding carboxylic acids is 1. The van der Waals surface area contributed by atoms with Crippen molar-refractivity contribution >= 4 is 17.4 Å². The number of hydrogen-bond acceptors (Lipinski definition) is 5. The van der Waals surface area contributed by atoms with Gasteiger partial charge < -0.3 is 20.2 Å². The van der Waals surface area contributed by atoms with E-state index in [9.17, 15) is 9.90 Å². The number of aliphatic hydroxyl groups is 1. The van der Waals surface area contributed by atoms with Crippen LogP contribution in [0.2, 0.25) is 0 Å². The van der Waals surface area contributed by atoms with Crippen LogP contribution in [0.25, 0.3) is 0 Å². The van der Waals surface area contributed by atoms with Gasteiger partial charge in [0.1, 0.15) is 11.9 Å². The first-order valence-electron chi connectivity index (χ1n) is 7.21. The summed E-state index contributed by atoms with van der Waals surface area (Å²) in [5.41, 5.74) is 0. The highest BCUT2D eigenvalue weighted by Gasteiger charge is 2.16. The third-order valence-corrected chi connectivity index (χ3v) is 4.09. The lowest BCUT2D eigenvalue weighted by molar-refractivity contribution is 0.129. The highest BCUT2D eigenvalue weighted by atomic mass is 32.1. The van der Waals surface area contributed by atoms with Crippen LogP contribution in [0.15, 0.2) is 29.0 Å². The predicted octanol–water partition coefficient (Wildman–Crippen LogP) is 2.40. The molecule has 120 valence electrons. The largest absolute Gasteiger partial charge is 0.467 e. The molecule has 2 amide bonds. The van der Waals surface area contributed by atoms with Crippen molar-refractivity contribution in [3.8, 4) is 0 Å². The van der Waals surface area contributed by atoms with Crippen LogP contribution < -0.4 is 10.6 Å². The topological polar surface area (TPSA) is 87.4 Å². The number of carbonyl (C=O) groups is 1. The summed E-state index contributed by atoms with van der Waals surface area (Å²) in [5.74, 6) is 0.508. The molecular weight excluding hydrogens is 302 g/mol. The van der Waals surface area contributed by atoms with E-state index >= 15 is 0 Å². The Kier molecular flexibility index (Phi) is 5.97. The van der Waals surface area contributed by atoms with Gasteiger partial charge in [-0.15, -0.1) is 11.3 Å². The van der Waals surface area contributed by atoms with Gasteiger partial charge in [-0.3, -0.25) is 0 Å². The summed E-state index contributed by atoms with van der Waals surface area (Å²) in [5, 5.41) is 16.5. The Morgan fingerprint density at radius 3 is 3.00 bits per heavy atom. The third kappa shape index (κ3) is 5.16. The van der Waals surface area contributed by atoms with Gasteiger partial charge in [0.25, 0.3) is 0 Å². The molecule has 6 nitrogen and oxygen atoms in total. The Bertz CT molecular complexity index is 583. The zero-order chi connectivity index (χ0) is 15.9. The third-order valence-electron chi connectivity index (χ3n) is 3.12. The number of aryl methyl sites for hydroxylation is 1. The molecule has 0 aliphatic carbocycles. The second-order valence-corrected chi connectivity index (χ2v) is 6.50. The van der Waals surface area contributed by atoms with Crippen molar-refractivity contribution in [1.82, 2.24) is 15.6 Å². The Balaban J connectivity index is 1.65. The SMILES string of the molecule is Cc1cnc(CCNC(=O)N[C@H](C)C[C@H](O)c2ccco2)s1. The van der Waals surface area contributed by atoms with Crippen LogP contribution in [0.5, 0.6) is 0 Å². The number of furan rings is 1. The highest BCUT2D eigenvalue weighted by Crippen LogP contribution is 2.18. The molecule has 2 atom stereocenters. The molecule has 0 saturated carbocycles. The van der Waals surface area contributed by atoms with Crippen LogP contribution >= 0.6 is 11.3 Å². The Morgan fingerprint density at radius 1 is 1.55 bits per heavy atom. The summed E-state index contributed by atoms with van der Waals surface area (Å²) in [6.45, 7) is 4.38. The van der Waals surface area contributed by atoms with E-state index < -0.39 is 6.10 Å². The molecule has 0 bridgehead atoms. The Labute approximate surface area is 133 Å². The van der Waals surface area contributed by atoms with Crippen molar-refractivity contribution in [2.45, 2.75) is 38.8 Å². The Hall–Kier alpha value is -1.86. The van der Waals surface area contributed by atoms with Gasteiger partial charge in [0.2, 0.25) is 0 Å². The van der Waals surface area contributed by atoms with E-state index in [1.807, 2.05) is 20.0 Å². The molecule has 0 fully saturated rings. The molecule has 0 saturated heterocycles. The number of nitrogens with zero attached hydrogens (tertiary/aromatic N) is 1. The molecule has 0 aliphatic rings. The molecule has 3 N–H and O–H groups in total. The standard InChI is InChI=1S/C15H21N3O3S/c1-10(8-12(19)13-4-3-7-21-13)18-15(20)16-6-5-14-17-9-11(2)22-14/h3-4,7,9-10,12,19H,5-6,8H2,1-2H3,(H2,16,18,20)/t10-,12+/m1/s1. The van der Waals surface area contributed by atoms with E-state index in [2.05, 4.69) is 15.6 Å². The molecule has 22 heavy (non-hydrogen) atoms. The maximum Gasteiger partial charge on any atom is 0.315 e. The average Bonchev–Trinajstić information content (AvgIpc) is 3.10. The minimum absolute atomic E-state index is 0.165. The van der Waals surface area contributed by atoms with Crippen molar-refractivity contribution < 1.29 is 14.3 Å². The zero-order valence-electron chi connectivity index (χ0n) is 12.7. The van der Waals surface area contributed by atoms with Crippen LogP contribution in [0.3, 0.4) is 0 Å². The first kappa shape index (κ1) is 16.5. The second-order valence-electron chi connectivity index (χ2n) is 5.18. The number of hydrogen-bond donors (Lipinski definition) is 3. The van der Waals surface area contributed by atoms with Crippen LogP contribution in [-0.4, -0.2) is 28.7 Å². The quantitative estimate of drug-likeness (QED) is 0.730. The first-order valence-corrected chi connectivity index (χ1v) is 8.03. The van der Waals surface area contributed by atoms with E-state index in [1.165, 1.54) is 11.1 Å². The molecule has 0 aliphatic heterocycles. The summed E-state index contributed by atoms with van der Waals surface area (Å²) in [6, 6.07) is 3.03. The number of aliphatic hydroxyl groups excluding tert-OH is 1. The van der Waals surface area contributed by atoms with Gasteiger partial charge in [0, 0.05) is 36.5 Å². The van der Waals surface area contributed by atoms with Crippen molar-refractivity contribution in [1.29, 1.82) is 0 Å². The fraction of sp³-hybridized carbons (Fsp3) is 0.467. The van der Waals surface area contributed by atoms with Crippen LogP contribution in [0.1, 0.15) is 35.1 Å². The molecule has 0 spiro atoms. The summed E-state index contributed by atoms with van der Waals surface area (Å²) in [6.07, 6.45) is 3.74. The van der Waals surface area contributed by atoms with E-state index in [0.29, 0.717) is 18.7 Å². The van der Waals surface area contributed by atoms with Crippen LogP contribution in [0.4, 0.5) is 4.79 Å². The lowest BCUT2D eigenvalue weighted by atomic mass is 10.1. The summed E-state index contributed by atoms with van der Waals surface area (Å²) in [7, 11) is 0. The predicted molar refractivity (Wildman–Crippen MR) is 84.8 cm³/mol. The van der Waals surface area contributed by atoms with E-state index in [0.717, 1.165) is 11.4 Å². The first-order chi connectivity index (χ1) is 10.5. The molecule has 7 heteroatoms. The van der Waals surface area contributed by atoms with Gasteiger partial charge in [-0.25, -0.2) is 9.78 Å². The number of thiazole rings is 1. The van der Waals surface area contributed by atoms with Gasteiger partial charge >= 0.3 is 6.03 Å². The van der Waals surface area contributed by atoms with Gasteiger partial charge in [-0.05, 0) is 26.0 Å². The molecule has 0 unspecified atom stereocenters. The van der Waals surface area contributed by atoms with Gasteiger partial charge in [-0.2, -0.15) is 0 Å². The minimum atomic E-state index is -0.719. The summed E-state index contributed by atoms with van der Waals surface area (Å²) in [4.78, 5) is 17.2. The van der Waals surface area contributed by atoms with Crippen LogP contribution in [-0.2, 0) is 6.42 Å². The average molecular weight is 323 g/mol. The zero-order valence-corrected chi connectivity index (χ0v) is 13.5. The van der Waals surface area contributed by atoms with Crippen LogP contribution in [0, 0.1) is 6.92 Å². The minimum Gasteiger partial charge on any atom is -0.467 e. The van der Waals surface area contributed by atoms with Crippen molar-refractivity contribution in [3.05, 3.63) is 40.2 Å². The monoisotopic (exact) mass is 323 g/mol. The number of urea groups is 1. The number of rotatable bonds is 7. The van der Waals surface area contributed by atoms with Crippen molar-refractivity contribution in [2.24, 2.45) is 0 Å². The molecule has 2 rings (SSSR count). The van der Waals surface area contributed by atoms with Crippen molar-refractivity contribution in [3.63, 3.8) is 0 Å². The number of amides is 2. The molecular formula is C15H21N3O3S. The van der Waals surface area contributed by atoms with Gasteiger partial charge in [0.05, 0.1) is 11.3 Å². The number of nitrogens with one attached hydrogen (secondary N) is 2. The molecule has 2 heterocycles. The lowest BCUT2D eigenvalue weighted by Gasteiger charge is -2.17. The molecule has 2 aromatic heterocycles. The van der Waals surface area contributed by atoms with E-state index in [1.54, 1.807) is 23.5 Å². The smallest absolute Gasteiger partial charge is 0.315 e. The second kappa shape index (κ2) is 7.95. The normalized spacial score (nSPS) is 13.6.